The third-order valence-corrected chi connectivity index (χ3v) is 2.52. The SMILES string of the molecule is CC(C)CNCc1ncoc1-c1ccccc1. The molecule has 0 aliphatic rings. The van der Waals surface area contributed by atoms with Crippen LogP contribution in [-0.2, 0) is 6.54 Å². The Morgan fingerprint density at radius 1 is 1.24 bits per heavy atom. The van der Waals surface area contributed by atoms with Crippen LogP contribution in [0.2, 0.25) is 0 Å². The molecule has 0 unspecified atom stereocenters. The Morgan fingerprint density at radius 2 is 2.00 bits per heavy atom. The number of rotatable bonds is 5. The zero-order chi connectivity index (χ0) is 12.1. The van der Waals surface area contributed by atoms with Crippen LogP contribution in [0.25, 0.3) is 11.3 Å². The van der Waals surface area contributed by atoms with E-state index in [0.717, 1.165) is 30.1 Å². The molecular formula is C14H18N2O. The summed E-state index contributed by atoms with van der Waals surface area (Å²) in [6.45, 7) is 6.11. The van der Waals surface area contributed by atoms with Gasteiger partial charge in [-0.3, -0.25) is 0 Å². The van der Waals surface area contributed by atoms with Gasteiger partial charge < -0.3 is 9.73 Å². The molecule has 1 heterocycles. The third-order valence-electron chi connectivity index (χ3n) is 2.52. The summed E-state index contributed by atoms with van der Waals surface area (Å²) in [4.78, 5) is 4.26. The molecule has 0 spiro atoms. The number of oxazole rings is 1. The molecule has 0 bridgehead atoms. The fraction of sp³-hybridized carbons (Fsp3) is 0.357. The van der Waals surface area contributed by atoms with E-state index in [1.807, 2.05) is 30.3 Å². The van der Waals surface area contributed by atoms with Crippen LogP contribution in [-0.4, -0.2) is 11.5 Å². The van der Waals surface area contributed by atoms with Gasteiger partial charge in [-0.1, -0.05) is 44.2 Å². The average molecular weight is 230 g/mol. The molecule has 0 aliphatic heterocycles. The summed E-state index contributed by atoms with van der Waals surface area (Å²) in [5.74, 6) is 1.50. The summed E-state index contributed by atoms with van der Waals surface area (Å²) < 4.78 is 5.46. The van der Waals surface area contributed by atoms with Gasteiger partial charge in [0.05, 0.1) is 0 Å². The van der Waals surface area contributed by atoms with Crippen LogP contribution in [0, 0.1) is 5.92 Å². The first-order valence-electron chi connectivity index (χ1n) is 5.96. The molecule has 2 rings (SSSR count). The lowest BCUT2D eigenvalue weighted by Crippen LogP contribution is -2.19. The van der Waals surface area contributed by atoms with Crippen molar-refractivity contribution in [2.45, 2.75) is 20.4 Å². The second-order valence-corrected chi connectivity index (χ2v) is 4.52. The van der Waals surface area contributed by atoms with E-state index in [1.165, 1.54) is 6.39 Å². The maximum absolute atomic E-state index is 5.46. The van der Waals surface area contributed by atoms with Gasteiger partial charge in [-0.25, -0.2) is 4.98 Å². The quantitative estimate of drug-likeness (QED) is 0.857. The fourth-order valence-corrected chi connectivity index (χ4v) is 1.70. The highest BCUT2D eigenvalue weighted by atomic mass is 16.3. The van der Waals surface area contributed by atoms with Crippen molar-refractivity contribution in [1.82, 2.24) is 10.3 Å². The van der Waals surface area contributed by atoms with Gasteiger partial charge in [0, 0.05) is 12.1 Å². The first-order chi connectivity index (χ1) is 8.27. The summed E-state index contributed by atoms with van der Waals surface area (Å²) >= 11 is 0. The predicted octanol–water partition coefficient (Wildman–Crippen LogP) is 3.09. The van der Waals surface area contributed by atoms with Crippen molar-refractivity contribution in [2.24, 2.45) is 5.92 Å². The number of hydrogen-bond acceptors (Lipinski definition) is 3. The molecule has 1 aromatic carbocycles. The smallest absolute Gasteiger partial charge is 0.181 e. The highest BCUT2D eigenvalue weighted by Gasteiger charge is 2.09. The van der Waals surface area contributed by atoms with Gasteiger partial charge in [-0.05, 0) is 12.5 Å². The Bertz CT molecular complexity index is 448. The Labute approximate surface area is 102 Å². The zero-order valence-corrected chi connectivity index (χ0v) is 10.3. The van der Waals surface area contributed by atoms with E-state index in [1.54, 1.807) is 0 Å². The van der Waals surface area contributed by atoms with Crippen molar-refractivity contribution in [3.05, 3.63) is 42.4 Å². The van der Waals surface area contributed by atoms with E-state index in [9.17, 15) is 0 Å². The maximum atomic E-state index is 5.46. The lowest BCUT2D eigenvalue weighted by Gasteiger charge is -2.06. The number of hydrogen-bond donors (Lipinski definition) is 1. The maximum Gasteiger partial charge on any atom is 0.181 e. The van der Waals surface area contributed by atoms with E-state index >= 15 is 0 Å². The van der Waals surface area contributed by atoms with Gasteiger partial charge in [0.1, 0.15) is 5.69 Å². The molecular weight excluding hydrogens is 212 g/mol. The summed E-state index contributed by atoms with van der Waals surface area (Å²) in [5.41, 5.74) is 2.04. The van der Waals surface area contributed by atoms with Crippen molar-refractivity contribution in [3.8, 4) is 11.3 Å². The largest absolute Gasteiger partial charge is 0.443 e. The van der Waals surface area contributed by atoms with Crippen molar-refractivity contribution in [1.29, 1.82) is 0 Å². The van der Waals surface area contributed by atoms with E-state index in [2.05, 4.69) is 24.1 Å². The van der Waals surface area contributed by atoms with Crippen LogP contribution >= 0.6 is 0 Å². The van der Waals surface area contributed by atoms with E-state index in [4.69, 9.17) is 4.42 Å². The van der Waals surface area contributed by atoms with Gasteiger partial charge >= 0.3 is 0 Å². The summed E-state index contributed by atoms with van der Waals surface area (Å²) in [6.07, 6.45) is 1.51. The highest BCUT2D eigenvalue weighted by molar-refractivity contribution is 5.59. The fourth-order valence-electron chi connectivity index (χ4n) is 1.70. The molecule has 1 N–H and O–H groups in total. The number of nitrogens with zero attached hydrogens (tertiary/aromatic N) is 1. The minimum absolute atomic E-state index is 0.641. The molecule has 17 heavy (non-hydrogen) atoms. The Balaban J connectivity index is 2.07. The summed E-state index contributed by atoms with van der Waals surface area (Å²) in [7, 11) is 0. The lowest BCUT2D eigenvalue weighted by atomic mass is 10.1. The van der Waals surface area contributed by atoms with Crippen LogP contribution in [0.1, 0.15) is 19.5 Å². The van der Waals surface area contributed by atoms with E-state index in [0.29, 0.717) is 5.92 Å². The third kappa shape index (κ3) is 3.17. The molecule has 0 saturated carbocycles. The van der Waals surface area contributed by atoms with Gasteiger partial charge in [-0.15, -0.1) is 0 Å². The Morgan fingerprint density at radius 3 is 2.71 bits per heavy atom. The Hall–Kier alpha value is -1.61. The lowest BCUT2D eigenvalue weighted by molar-refractivity contribution is 0.545. The molecule has 3 nitrogen and oxygen atoms in total. The van der Waals surface area contributed by atoms with Crippen molar-refractivity contribution >= 4 is 0 Å². The monoisotopic (exact) mass is 230 g/mol. The van der Waals surface area contributed by atoms with Gasteiger partial charge in [0.15, 0.2) is 12.2 Å². The molecule has 0 fully saturated rings. The average Bonchev–Trinajstić information content (AvgIpc) is 2.78. The number of nitrogens with one attached hydrogen (secondary N) is 1. The van der Waals surface area contributed by atoms with Gasteiger partial charge in [0.2, 0.25) is 0 Å². The molecule has 3 heteroatoms. The number of benzene rings is 1. The van der Waals surface area contributed by atoms with Gasteiger partial charge in [0.25, 0.3) is 0 Å². The van der Waals surface area contributed by atoms with Gasteiger partial charge in [-0.2, -0.15) is 0 Å². The van der Waals surface area contributed by atoms with Crippen molar-refractivity contribution < 1.29 is 4.42 Å². The molecule has 0 amide bonds. The number of aromatic nitrogens is 1. The molecule has 0 saturated heterocycles. The topological polar surface area (TPSA) is 38.1 Å². The van der Waals surface area contributed by atoms with Crippen LogP contribution in [0.5, 0.6) is 0 Å². The molecule has 0 radical (unpaired) electrons. The zero-order valence-electron chi connectivity index (χ0n) is 10.3. The predicted molar refractivity (Wildman–Crippen MR) is 68.5 cm³/mol. The minimum Gasteiger partial charge on any atom is -0.443 e. The molecule has 1 aromatic heterocycles. The molecule has 0 aliphatic carbocycles. The first kappa shape index (κ1) is 11.9. The standard InChI is InChI=1S/C14H18N2O/c1-11(2)8-15-9-13-14(17-10-16-13)12-6-4-3-5-7-12/h3-7,10-11,15H,8-9H2,1-2H3. The van der Waals surface area contributed by atoms with Crippen LogP contribution in [0.3, 0.4) is 0 Å². The molecule has 2 aromatic rings. The molecule has 90 valence electrons. The van der Waals surface area contributed by atoms with Crippen LogP contribution < -0.4 is 5.32 Å². The van der Waals surface area contributed by atoms with Crippen molar-refractivity contribution in [3.63, 3.8) is 0 Å². The van der Waals surface area contributed by atoms with E-state index < -0.39 is 0 Å². The molecule has 0 atom stereocenters. The van der Waals surface area contributed by atoms with Crippen LogP contribution in [0.4, 0.5) is 0 Å². The highest BCUT2D eigenvalue weighted by Crippen LogP contribution is 2.22. The first-order valence-corrected chi connectivity index (χ1v) is 5.96. The second kappa shape index (κ2) is 5.64. The van der Waals surface area contributed by atoms with E-state index in [-0.39, 0.29) is 0 Å². The second-order valence-electron chi connectivity index (χ2n) is 4.52. The summed E-state index contributed by atoms with van der Waals surface area (Å²) in [5, 5.41) is 3.37. The Kier molecular flexibility index (Phi) is 3.94. The van der Waals surface area contributed by atoms with Crippen molar-refractivity contribution in [2.75, 3.05) is 6.54 Å². The normalized spacial score (nSPS) is 11.0. The summed E-state index contributed by atoms with van der Waals surface area (Å²) in [6, 6.07) is 10.1. The van der Waals surface area contributed by atoms with Crippen LogP contribution in [0.15, 0.2) is 41.1 Å². The minimum atomic E-state index is 0.641.